The number of hydrogen-bond donors (Lipinski definition) is 2. The van der Waals surface area contributed by atoms with Crippen LogP contribution in [-0.2, 0) is 15.1 Å². The number of aliphatic hydroxyl groups is 1. The van der Waals surface area contributed by atoms with Gasteiger partial charge in [-0.05, 0) is 26.3 Å². The van der Waals surface area contributed by atoms with E-state index in [1.54, 1.807) is 0 Å². The molecule has 0 heterocycles. The highest BCUT2D eigenvalue weighted by Crippen LogP contribution is 2.23. The van der Waals surface area contributed by atoms with Gasteiger partial charge in [-0.1, -0.05) is 30.3 Å². The first kappa shape index (κ1) is 17.1. The van der Waals surface area contributed by atoms with Crippen LogP contribution < -0.4 is 5.73 Å². The predicted octanol–water partition coefficient (Wildman–Crippen LogP) is 2.05. The van der Waals surface area contributed by atoms with Crippen LogP contribution in [0.5, 0.6) is 0 Å². The van der Waals surface area contributed by atoms with Crippen molar-refractivity contribution in [3.63, 3.8) is 0 Å². The summed E-state index contributed by atoms with van der Waals surface area (Å²) in [4.78, 5) is 0. The van der Waals surface area contributed by atoms with E-state index in [9.17, 15) is 5.11 Å². The molecule has 0 aromatic heterocycles. The number of rotatable bonds is 8. The summed E-state index contributed by atoms with van der Waals surface area (Å²) < 4.78 is 11.1. The Bertz CT molecular complexity index is 375. The molecule has 20 heavy (non-hydrogen) atoms. The molecule has 3 N–H and O–H groups in total. The molecule has 0 amide bonds. The lowest BCUT2D eigenvalue weighted by atomic mass is 9.91. The third-order valence-corrected chi connectivity index (χ3v) is 3.07. The minimum absolute atomic E-state index is 0.147. The van der Waals surface area contributed by atoms with Gasteiger partial charge in [0.1, 0.15) is 5.60 Å². The quantitative estimate of drug-likeness (QED) is 0.716. The van der Waals surface area contributed by atoms with Gasteiger partial charge < -0.3 is 20.3 Å². The smallest absolute Gasteiger partial charge is 0.104 e. The normalized spacial score (nSPS) is 15.1. The van der Waals surface area contributed by atoms with E-state index < -0.39 is 5.60 Å². The average Bonchev–Trinajstić information content (AvgIpc) is 2.42. The van der Waals surface area contributed by atoms with Crippen molar-refractivity contribution in [2.75, 3.05) is 26.4 Å². The molecule has 1 aromatic rings. The second kappa shape index (κ2) is 7.74. The van der Waals surface area contributed by atoms with Crippen LogP contribution in [0.25, 0.3) is 0 Å². The van der Waals surface area contributed by atoms with Gasteiger partial charge in [0.2, 0.25) is 0 Å². The summed E-state index contributed by atoms with van der Waals surface area (Å²) in [6.45, 7) is 7.73. The van der Waals surface area contributed by atoms with Crippen LogP contribution in [0.1, 0.15) is 32.8 Å². The average molecular weight is 281 g/mol. The fourth-order valence-corrected chi connectivity index (χ4v) is 1.86. The Kier molecular flexibility index (Phi) is 6.62. The highest BCUT2D eigenvalue weighted by atomic mass is 16.5. The fourth-order valence-electron chi connectivity index (χ4n) is 1.86. The molecule has 0 radical (unpaired) electrons. The van der Waals surface area contributed by atoms with E-state index in [0.29, 0.717) is 26.2 Å². The number of hydrogen-bond acceptors (Lipinski definition) is 4. The van der Waals surface area contributed by atoms with E-state index in [1.807, 2.05) is 51.1 Å². The lowest BCUT2D eigenvalue weighted by Gasteiger charge is -2.27. The van der Waals surface area contributed by atoms with E-state index in [4.69, 9.17) is 15.2 Å². The zero-order chi connectivity index (χ0) is 15.1. The van der Waals surface area contributed by atoms with Crippen LogP contribution in [0.2, 0.25) is 0 Å². The molecule has 0 spiro atoms. The van der Waals surface area contributed by atoms with Crippen LogP contribution in [0.3, 0.4) is 0 Å². The largest absolute Gasteiger partial charge is 0.384 e. The molecule has 0 aliphatic carbocycles. The topological polar surface area (TPSA) is 64.7 Å². The van der Waals surface area contributed by atoms with Crippen molar-refractivity contribution in [1.29, 1.82) is 0 Å². The van der Waals surface area contributed by atoms with E-state index in [1.165, 1.54) is 0 Å². The minimum Gasteiger partial charge on any atom is -0.384 e. The maximum atomic E-state index is 10.5. The lowest BCUT2D eigenvalue weighted by molar-refractivity contribution is -0.0470. The lowest BCUT2D eigenvalue weighted by Crippen LogP contribution is -2.36. The Morgan fingerprint density at radius 2 is 1.70 bits per heavy atom. The summed E-state index contributed by atoms with van der Waals surface area (Å²) in [6, 6.07) is 9.48. The van der Waals surface area contributed by atoms with E-state index in [-0.39, 0.29) is 12.1 Å². The Morgan fingerprint density at radius 3 is 2.25 bits per heavy atom. The van der Waals surface area contributed by atoms with Gasteiger partial charge in [0.05, 0.1) is 18.8 Å². The van der Waals surface area contributed by atoms with Gasteiger partial charge in [-0.15, -0.1) is 0 Å². The van der Waals surface area contributed by atoms with E-state index >= 15 is 0 Å². The summed E-state index contributed by atoms with van der Waals surface area (Å²) in [5, 5.41) is 10.5. The Labute approximate surface area is 121 Å². The Balaban J connectivity index is 2.32. The van der Waals surface area contributed by atoms with Gasteiger partial charge in [0, 0.05) is 19.6 Å². The van der Waals surface area contributed by atoms with Crippen LogP contribution in [-0.4, -0.2) is 37.1 Å². The van der Waals surface area contributed by atoms with Crippen molar-refractivity contribution < 1.29 is 14.6 Å². The Hall–Kier alpha value is -0.940. The fraction of sp³-hybridized carbons (Fsp3) is 0.625. The SMILES string of the molecule is CC(C)(C)OCCOCCC(O)(CN)c1ccccc1. The first-order valence-electron chi connectivity index (χ1n) is 7.07. The van der Waals surface area contributed by atoms with Gasteiger partial charge >= 0.3 is 0 Å². The molecule has 1 aromatic carbocycles. The van der Waals surface area contributed by atoms with Gasteiger partial charge in [-0.2, -0.15) is 0 Å². The summed E-state index contributed by atoms with van der Waals surface area (Å²) >= 11 is 0. The standard InChI is InChI=1S/C16H27NO3/c1-15(2,3)20-12-11-19-10-9-16(18,13-17)14-7-5-4-6-8-14/h4-8,18H,9-13,17H2,1-3H3. The molecule has 0 aliphatic heterocycles. The minimum atomic E-state index is -1.02. The second-order valence-corrected chi connectivity index (χ2v) is 5.92. The molecule has 1 unspecified atom stereocenters. The van der Waals surface area contributed by atoms with Crippen molar-refractivity contribution in [3.05, 3.63) is 35.9 Å². The van der Waals surface area contributed by atoms with Crippen LogP contribution >= 0.6 is 0 Å². The molecule has 1 atom stereocenters. The van der Waals surface area contributed by atoms with Crippen molar-refractivity contribution in [2.45, 2.75) is 38.4 Å². The maximum absolute atomic E-state index is 10.5. The van der Waals surface area contributed by atoms with Crippen molar-refractivity contribution in [3.8, 4) is 0 Å². The molecule has 114 valence electrons. The Morgan fingerprint density at radius 1 is 1.05 bits per heavy atom. The molecule has 4 nitrogen and oxygen atoms in total. The van der Waals surface area contributed by atoms with E-state index in [0.717, 1.165) is 5.56 Å². The van der Waals surface area contributed by atoms with Crippen LogP contribution in [0, 0.1) is 0 Å². The number of ether oxygens (including phenoxy) is 2. The summed E-state index contributed by atoms with van der Waals surface area (Å²) in [6.07, 6.45) is 0.475. The van der Waals surface area contributed by atoms with Gasteiger partial charge in [0.15, 0.2) is 0 Å². The molecule has 0 fully saturated rings. The number of nitrogens with two attached hydrogens (primary N) is 1. The molecule has 1 rings (SSSR count). The van der Waals surface area contributed by atoms with Gasteiger partial charge in [0.25, 0.3) is 0 Å². The molecule has 4 heteroatoms. The van der Waals surface area contributed by atoms with E-state index in [2.05, 4.69) is 0 Å². The molecular weight excluding hydrogens is 254 g/mol. The third-order valence-electron chi connectivity index (χ3n) is 3.07. The summed E-state index contributed by atoms with van der Waals surface area (Å²) in [5.74, 6) is 0. The highest BCUT2D eigenvalue weighted by Gasteiger charge is 2.26. The first-order chi connectivity index (χ1) is 9.37. The van der Waals surface area contributed by atoms with Crippen molar-refractivity contribution in [1.82, 2.24) is 0 Å². The van der Waals surface area contributed by atoms with Crippen LogP contribution in [0.15, 0.2) is 30.3 Å². The molecule has 0 saturated heterocycles. The van der Waals surface area contributed by atoms with Crippen molar-refractivity contribution in [2.24, 2.45) is 5.73 Å². The summed E-state index contributed by atoms with van der Waals surface area (Å²) in [7, 11) is 0. The van der Waals surface area contributed by atoms with Crippen molar-refractivity contribution >= 4 is 0 Å². The molecule has 0 bridgehead atoms. The molecule has 0 saturated carbocycles. The first-order valence-corrected chi connectivity index (χ1v) is 7.07. The zero-order valence-electron chi connectivity index (χ0n) is 12.8. The second-order valence-electron chi connectivity index (χ2n) is 5.92. The maximum Gasteiger partial charge on any atom is 0.104 e. The monoisotopic (exact) mass is 281 g/mol. The highest BCUT2D eigenvalue weighted by molar-refractivity contribution is 5.22. The third kappa shape index (κ3) is 6.01. The zero-order valence-corrected chi connectivity index (χ0v) is 12.8. The summed E-state index contributed by atoms with van der Waals surface area (Å²) in [5.41, 5.74) is 5.37. The van der Waals surface area contributed by atoms with Crippen LogP contribution in [0.4, 0.5) is 0 Å². The molecule has 0 aliphatic rings. The van der Waals surface area contributed by atoms with Gasteiger partial charge in [-0.3, -0.25) is 0 Å². The van der Waals surface area contributed by atoms with Gasteiger partial charge in [-0.25, -0.2) is 0 Å². The molecular formula is C16H27NO3. The predicted molar refractivity (Wildman–Crippen MR) is 80.5 cm³/mol. The number of benzene rings is 1.